The van der Waals surface area contributed by atoms with Gasteiger partial charge in [0.15, 0.2) is 5.82 Å². The molecule has 1 rings (SSSR count). The standard InChI is InChI=1S/C11H12Cl2FNO4S/c1-11(2,10(16)17)5-15-20(18,19)7-4-3-6(12)9(14)8(7)13/h3-4,15H,5H2,1-2H3,(H,16,17). The molecule has 0 aliphatic rings. The van der Waals surface area contributed by atoms with Gasteiger partial charge in [-0.3, -0.25) is 4.79 Å². The van der Waals surface area contributed by atoms with Crippen LogP contribution in [0.2, 0.25) is 10.0 Å². The van der Waals surface area contributed by atoms with E-state index in [0.717, 1.165) is 12.1 Å². The van der Waals surface area contributed by atoms with E-state index in [2.05, 4.69) is 4.72 Å². The number of hydrogen-bond donors (Lipinski definition) is 2. The van der Waals surface area contributed by atoms with Gasteiger partial charge in [-0.25, -0.2) is 17.5 Å². The quantitative estimate of drug-likeness (QED) is 0.804. The van der Waals surface area contributed by atoms with Crippen LogP contribution in [-0.2, 0) is 14.8 Å². The monoisotopic (exact) mass is 343 g/mol. The Kier molecular flexibility index (Phi) is 5.02. The van der Waals surface area contributed by atoms with Gasteiger partial charge in [-0.1, -0.05) is 23.2 Å². The first-order chi connectivity index (χ1) is 8.99. The summed E-state index contributed by atoms with van der Waals surface area (Å²) in [6.45, 7) is 2.33. The van der Waals surface area contributed by atoms with Gasteiger partial charge in [0.25, 0.3) is 0 Å². The van der Waals surface area contributed by atoms with Gasteiger partial charge in [-0.15, -0.1) is 0 Å². The first-order valence-corrected chi connectivity index (χ1v) is 7.59. The van der Waals surface area contributed by atoms with Crippen molar-refractivity contribution >= 4 is 39.2 Å². The van der Waals surface area contributed by atoms with Gasteiger partial charge in [0.2, 0.25) is 10.0 Å². The van der Waals surface area contributed by atoms with Crippen LogP contribution in [0.15, 0.2) is 17.0 Å². The molecule has 0 heterocycles. The van der Waals surface area contributed by atoms with E-state index < -0.39 is 37.1 Å². The molecule has 1 aromatic carbocycles. The molecule has 0 aliphatic carbocycles. The second kappa shape index (κ2) is 5.85. The molecule has 9 heteroatoms. The molecule has 0 bridgehead atoms. The van der Waals surface area contributed by atoms with Gasteiger partial charge in [-0.05, 0) is 26.0 Å². The van der Waals surface area contributed by atoms with Gasteiger partial charge in [0.1, 0.15) is 4.90 Å². The Balaban J connectivity index is 3.08. The Labute approximate surface area is 125 Å². The molecule has 20 heavy (non-hydrogen) atoms. The van der Waals surface area contributed by atoms with Crippen LogP contribution < -0.4 is 4.72 Å². The SMILES string of the molecule is CC(C)(CNS(=O)(=O)c1ccc(Cl)c(F)c1Cl)C(=O)O. The molecule has 0 aliphatic heterocycles. The molecular formula is C11H12Cl2FNO4S. The van der Waals surface area contributed by atoms with Crippen molar-refractivity contribution in [1.29, 1.82) is 0 Å². The zero-order valence-electron chi connectivity index (χ0n) is 10.6. The van der Waals surface area contributed by atoms with Gasteiger partial charge < -0.3 is 5.11 Å². The number of carbonyl (C=O) groups is 1. The summed E-state index contributed by atoms with van der Waals surface area (Å²) in [5, 5.41) is 7.96. The highest BCUT2D eigenvalue weighted by Gasteiger charge is 2.30. The Morgan fingerprint density at radius 2 is 1.95 bits per heavy atom. The number of halogens is 3. The van der Waals surface area contributed by atoms with E-state index in [1.165, 1.54) is 13.8 Å². The molecule has 0 aromatic heterocycles. The number of hydrogen-bond acceptors (Lipinski definition) is 3. The summed E-state index contributed by atoms with van der Waals surface area (Å²) < 4.78 is 39.5. The highest BCUT2D eigenvalue weighted by Crippen LogP contribution is 2.29. The summed E-state index contributed by atoms with van der Waals surface area (Å²) in [6, 6.07) is 2.10. The molecule has 2 N–H and O–H groups in total. The highest BCUT2D eigenvalue weighted by molar-refractivity contribution is 7.89. The lowest BCUT2D eigenvalue weighted by atomic mass is 9.95. The van der Waals surface area contributed by atoms with Crippen molar-refractivity contribution in [3.05, 3.63) is 28.0 Å². The second-order valence-corrected chi connectivity index (χ2v) is 7.21. The number of sulfonamides is 1. The van der Waals surface area contributed by atoms with E-state index in [1.54, 1.807) is 0 Å². The summed E-state index contributed by atoms with van der Waals surface area (Å²) >= 11 is 11.1. The highest BCUT2D eigenvalue weighted by atomic mass is 35.5. The zero-order chi connectivity index (χ0) is 15.7. The summed E-state index contributed by atoms with van der Waals surface area (Å²) in [5.74, 6) is -2.22. The van der Waals surface area contributed by atoms with Crippen LogP contribution in [0.3, 0.4) is 0 Å². The predicted molar refractivity (Wildman–Crippen MR) is 73.0 cm³/mol. The maximum absolute atomic E-state index is 13.5. The van der Waals surface area contributed by atoms with Crippen LogP contribution in [0.4, 0.5) is 4.39 Å². The van der Waals surface area contributed by atoms with Gasteiger partial charge in [-0.2, -0.15) is 0 Å². The molecular weight excluding hydrogens is 332 g/mol. The Morgan fingerprint density at radius 3 is 2.45 bits per heavy atom. The van der Waals surface area contributed by atoms with Gasteiger partial charge >= 0.3 is 5.97 Å². The van der Waals surface area contributed by atoms with E-state index in [1.807, 2.05) is 0 Å². The van der Waals surface area contributed by atoms with Crippen LogP contribution in [-0.4, -0.2) is 26.0 Å². The molecule has 0 atom stereocenters. The summed E-state index contributed by atoms with van der Waals surface area (Å²) in [7, 11) is -4.14. The van der Waals surface area contributed by atoms with Crippen molar-refractivity contribution in [3.8, 4) is 0 Å². The molecule has 1 aromatic rings. The minimum atomic E-state index is -4.14. The van der Waals surface area contributed by atoms with Crippen LogP contribution in [0.25, 0.3) is 0 Å². The number of rotatable bonds is 5. The van der Waals surface area contributed by atoms with Crippen molar-refractivity contribution < 1.29 is 22.7 Å². The zero-order valence-corrected chi connectivity index (χ0v) is 12.9. The van der Waals surface area contributed by atoms with Crippen LogP contribution in [0.1, 0.15) is 13.8 Å². The van der Waals surface area contributed by atoms with E-state index in [9.17, 15) is 17.6 Å². The lowest BCUT2D eigenvalue weighted by Gasteiger charge is -2.19. The fourth-order valence-corrected chi connectivity index (χ4v) is 3.10. The fourth-order valence-electron chi connectivity index (χ4n) is 1.14. The topological polar surface area (TPSA) is 83.5 Å². The van der Waals surface area contributed by atoms with E-state index in [-0.39, 0.29) is 11.6 Å². The largest absolute Gasteiger partial charge is 0.481 e. The third-order valence-corrected chi connectivity index (χ3v) is 4.79. The minimum absolute atomic E-state index is 0.306. The summed E-state index contributed by atoms with van der Waals surface area (Å²) in [6.07, 6.45) is 0. The first kappa shape index (κ1) is 17.2. The fraction of sp³-hybridized carbons (Fsp3) is 0.364. The summed E-state index contributed by atoms with van der Waals surface area (Å²) in [5.41, 5.74) is -1.31. The van der Waals surface area contributed by atoms with E-state index in [4.69, 9.17) is 28.3 Å². The maximum Gasteiger partial charge on any atom is 0.310 e. The second-order valence-electron chi connectivity index (χ2n) is 4.69. The summed E-state index contributed by atoms with van der Waals surface area (Å²) in [4.78, 5) is 10.4. The Hall–Kier alpha value is -0.890. The van der Waals surface area contributed by atoms with Crippen molar-refractivity contribution in [2.45, 2.75) is 18.7 Å². The van der Waals surface area contributed by atoms with Gasteiger partial charge in [0.05, 0.1) is 15.5 Å². The van der Waals surface area contributed by atoms with Gasteiger partial charge in [0, 0.05) is 6.54 Å². The Bertz CT molecular complexity index is 646. The third kappa shape index (κ3) is 3.60. The lowest BCUT2D eigenvalue weighted by Crippen LogP contribution is -2.39. The molecule has 5 nitrogen and oxygen atoms in total. The first-order valence-electron chi connectivity index (χ1n) is 5.35. The molecule has 0 saturated heterocycles. The average Bonchev–Trinajstić information content (AvgIpc) is 2.33. The van der Waals surface area contributed by atoms with E-state index >= 15 is 0 Å². The molecule has 0 saturated carbocycles. The molecule has 0 spiro atoms. The number of carboxylic acid groups (broad SMARTS) is 1. The molecule has 0 amide bonds. The van der Waals surface area contributed by atoms with E-state index in [0.29, 0.717) is 0 Å². The minimum Gasteiger partial charge on any atom is -0.481 e. The van der Waals surface area contributed by atoms with Crippen molar-refractivity contribution in [2.24, 2.45) is 5.41 Å². The number of nitrogens with one attached hydrogen (secondary N) is 1. The lowest BCUT2D eigenvalue weighted by molar-refractivity contribution is -0.146. The molecule has 0 radical (unpaired) electrons. The van der Waals surface area contributed by atoms with Crippen LogP contribution >= 0.6 is 23.2 Å². The number of carboxylic acids is 1. The van der Waals surface area contributed by atoms with Crippen molar-refractivity contribution in [1.82, 2.24) is 4.72 Å². The average molecular weight is 344 g/mol. The van der Waals surface area contributed by atoms with Crippen molar-refractivity contribution in [2.75, 3.05) is 6.54 Å². The number of aliphatic carboxylic acids is 1. The smallest absolute Gasteiger partial charge is 0.310 e. The van der Waals surface area contributed by atoms with Crippen LogP contribution in [0, 0.1) is 11.2 Å². The molecule has 112 valence electrons. The third-order valence-electron chi connectivity index (χ3n) is 2.57. The molecule has 0 fully saturated rings. The predicted octanol–water partition coefficient (Wildman–Crippen LogP) is 2.52. The van der Waals surface area contributed by atoms with Crippen LogP contribution in [0.5, 0.6) is 0 Å². The normalized spacial score (nSPS) is 12.4. The van der Waals surface area contributed by atoms with Crippen molar-refractivity contribution in [3.63, 3.8) is 0 Å². The molecule has 0 unspecified atom stereocenters. The number of benzene rings is 1. The Morgan fingerprint density at radius 1 is 1.40 bits per heavy atom. The maximum atomic E-state index is 13.5.